The van der Waals surface area contributed by atoms with Crippen molar-refractivity contribution in [2.75, 3.05) is 12.4 Å². The summed E-state index contributed by atoms with van der Waals surface area (Å²) >= 11 is 1.57. The lowest BCUT2D eigenvalue weighted by Crippen LogP contribution is -2.25. The van der Waals surface area contributed by atoms with Gasteiger partial charge >= 0.3 is 6.01 Å². The van der Waals surface area contributed by atoms with Gasteiger partial charge in [0.1, 0.15) is 0 Å². The van der Waals surface area contributed by atoms with Crippen LogP contribution in [0.15, 0.2) is 29.2 Å². The number of anilines is 1. The number of hydrogen-bond donors (Lipinski definition) is 2. The van der Waals surface area contributed by atoms with Crippen molar-refractivity contribution < 1.29 is 9.53 Å². The van der Waals surface area contributed by atoms with E-state index in [0.717, 1.165) is 11.3 Å². The van der Waals surface area contributed by atoms with Gasteiger partial charge in [-0.15, -0.1) is 16.9 Å². The Morgan fingerprint density at radius 2 is 2.37 bits per heavy atom. The molecule has 1 aliphatic heterocycles. The van der Waals surface area contributed by atoms with E-state index in [1.807, 2.05) is 24.3 Å². The minimum absolute atomic E-state index is 0.0833. The molecule has 0 saturated heterocycles. The van der Waals surface area contributed by atoms with Gasteiger partial charge < -0.3 is 4.74 Å². The van der Waals surface area contributed by atoms with Crippen LogP contribution >= 0.6 is 11.8 Å². The number of H-pyrrole nitrogens is 1. The van der Waals surface area contributed by atoms with Crippen LogP contribution in [0.25, 0.3) is 0 Å². The Bertz CT molecular complexity index is 588. The Morgan fingerprint density at radius 1 is 1.53 bits per heavy atom. The van der Waals surface area contributed by atoms with Crippen LogP contribution in [0.1, 0.15) is 5.56 Å². The summed E-state index contributed by atoms with van der Waals surface area (Å²) in [6, 6.07) is 8.25. The number of nitrogens with one attached hydrogen (secondary N) is 2. The third-order valence-electron chi connectivity index (χ3n) is 2.83. The lowest BCUT2D eigenvalue weighted by Gasteiger charge is -2.06. The molecular weight excluding hydrogens is 264 g/mol. The lowest BCUT2D eigenvalue weighted by molar-refractivity contribution is -0.115. The second kappa shape index (κ2) is 4.93. The number of aromatic nitrogens is 3. The minimum atomic E-state index is -0.131. The van der Waals surface area contributed by atoms with Gasteiger partial charge in [0.15, 0.2) is 0 Å². The number of carbonyl (C=O) groups is 1. The van der Waals surface area contributed by atoms with Crippen molar-refractivity contribution in [2.45, 2.75) is 16.6 Å². The van der Waals surface area contributed by atoms with E-state index >= 15 is 0 Å². The van der Waals surface area contributed by atoms with Crippen molar-refractivity contribution in [1.29, 1.82) is 0 Å². The van der Waals surface area contributed by atoms with Crippen LogP contribution in [0.5, 0.6) is 6.01 Å². The smallest absolute Gasteiger partial charge is 0.336 e. The molecule has 1 aliphatic rings. The SMILES string of the molecule is COc1n[nH]c(NC(=O)C2Cc3ccccc3S2)n1. The molecule has 19 heavy (non-hydrogen) atoms. The van der Waals surface area contributed by atoms with Gasteiger partial charge in [-0.1, -0.05) is 18.2 Å². The van der Waals surface area contributed by atoms with Crippen molar-refractivity contribution >= 4 is 23.6 Å². The molecule has 2 N–H and O–H groups in total. The molecular formula is C12H12N4O2S. The zero-order valence-electron chi connectivity index (χ0n) is 10.2. The number of amides is 1. The van der Waals surface area contributed by atoms with E-state index < -0.39 is 0 Å². The number of thioether (sulfide) groups is 1. The molecule has 0 bridgehead atoms. The molecule has 2 heterocycles. The summed E-state index contributed by atoms with van der Waals surface area (Å²) in [4.78, 5) is 17.2. The number of rotatable bonds is 3. The van der Waals surface area contributed by atoms with Crippen molar-refractivity contribution in [2.24, 2.45) is 0 Å². The monoisotopic (exact) mass is 276 g/mol. The number of benzene rings is 1. The summed E-state index contributed by atoms with van der Waals surface area (Å²) in [6.07, 6.45) is 0.734. The van der Waals surface area contributed by atoms with Crippen LogP contribution in [-0.4, -0.2) is 33.4 Å². The molecule has 0 radical (unpaired) electrons. The molecule has 0 spiro atoms. The van der Waals surface area contributed by atoms with E-state index in [-0.39, 0.29) is 17.2 Å². The molecule has 1 unspecified atom stereocenters. The summed E-state index contributed by atoms with van der Waals surface area (Å²) in [5, 5.41) is 8.95. The van der Waals surface area contributed by atoms with Crippen LogP contribution in [0.3, 0.4) is 0 Å². The van der Waals surface area contributed by atoms with Gasteiger partial charge in [0.2, 0.25) is 11.9 Å². The number of methoxy groups -OCH3 is 1. The van der Waals surface area contributed by atoms with E-state index in [4.69, 9.17) is 4.74 Å². The number of fused-ring (bicyclic) bond motifs is 1. The molecule has 0 saturated carbocycles. The average Bonchev–Trinajstić information content (AvgIpc) is 3.04. The number of ether oxygens (including phenoxy) is 1. The van der Waals surface area contributed by atoms with Gasteiger partial charge in [0.05, 0.1) is 12.4 Å². The highest BCUT2D eigenvalue weighted by molar-refractivity contribution is 8.01. The maximum absolute atomic E-state index is 12.1. The number of carbonyl (C=O) groups excluding carboxylic acids is 1. The molecule has 7 heteroatoms. The number of hydrogen-bond acceptors (Lipinski definition) is 5. The average molecular weight is 276 g/mol. The van der Waals surface area contributed by atoms with Crippen LogP contribution in [0.4, 0.5) is 5.95 Å². The first-order chi connectivity index (χ1) is 9.26. The summed E-state index contributed by atoms with van der Waals surface area (Å²) in [5.74, 6) is 0.221. The zero-order valence-corrected chi connectivity index (χ0v) is 11.0. The molecule has 1 amide bonds. The fourth-order valence-electron chi connectivity index (χ4n) is 1.92. The third-order valence-corrected chi connectivity index (χ3v) is 4.15. The maximum atomic E-state index is 12.1. The summed E-state index contributed by atoms with van der Waals surface area (Å²) in [7, 11) is 1.47. The normalized spacial score (nSPS) is 17.0. The first-order valence-corrected chi connectivity index (χ1v) is 6.66. The Morgan fingerprint density at radius 3 is 3.11 bits per heavy atom. The van der Waals surface area contributed by atoms with Gasteiger partial charge in [-0.3, -0.25) is 10.1 Å². The molecule has 1 atom stereocenters. The van der Waals surface area contributed by atoms with Gasteiger partial charge in [0.25, 0.3) is 0 Å². The molecule has 2 aromatic rings. The lowest BCUT2D eigenvalue weighted by atomic mass is 10.1. The van der Waals surface area contributed by atoms with Crippen LogP contribution < -0.4 is 10.1 Å². The van der Waals surface area contributed by atoms with Gasteiger partial charge in [-0.2, -0.15) is 4.98 Å². The van der Waals surface area contributed by atoms with Crippen LogP contribution in [-0.2, 0) is 11.2 Å². The van der Waals surface area contributed by atoms with E-state index in [1.165, 1.54) is 12.7 Å². The summed E-state index contributed by atoms with van der Waals surface area (Å²) in [6.45, 7) is 0. The fourth-order valence-corrected chi connectivity index (χ4v) is 3.11. The van der Waals surface area contributed by atoms with Crippen LogP contribution in [0, 0.1) is 0 Å². The highest BCUT2D eigenvalue weighted by atomic mass is 32.2. The van der Waals surface area contributed by atoms with Crippen molar-refractivity contribution in [3.63, 3.8) is 0 Å². The van der Waals surface area contributed by atoms with Crippen molar-refractivity contribution in [3.8, 4) is 6.01 Å². The van der Waals surface area contributed by atoms with E-state index in [0.29, 0.717) is 5.95 Å². The highest BCUT2D eigenvalue weighted by Gasteiger charge is 2.28. The van der Waals surface area contributed by atoms with Crippen LogP contribution in [0.2, 0.25) is 0 Å². The third kappa shape index (κ3) is 2.41. The molecule has 1 aromatic heterocycles. The fraction of sp³-hybridized carbons (Fsp3) is 0.250. The van der Waals surface area contributed by atoms with E-state index in [2.05, 4.69) is 20.5 Å². The highest BCUT2D eigenvalue weighted by Crippen LogP contribution is 2.37. The Kier molecular flexibility index (Phi) is 3.12. The van der Waals surface area contributed by atoms with Crippen molar-refractivity contribution in [1.82, 2.24) is 15.2 Å². The van der Waals surface area contributed by atoms with Gasteiger partial charge in [0, 0.05) is 4.90 Å². The standard InChI is InChI=1S/C12H12N4O2S/c1-18-12-14-11(15-16-12)13-10(17)9-6-7-4-2-3-5-8(7)19-9/h2-5,9H,6H2,1H3,(H2,13,14,15,16,17). The quantitative estimate of drug-likeness (QED) is 0.887. The number of aromatic amines is 1. The Hall–Kier alpha value is -2.02. The second-order valence-corrected chi connectivity index (χ2v) is 5.32. The van der Waals surface area contributed by atoms with E-state index in [1.54, 1.807) is 11.8 Å². The Balaban J connectivity index is 1.66. The largest absolute Gasteiger partial charge is 0.466 e. The first-order valence-electron chi connectivity index (χ1n) is 5.78. The topological polar surface area (TPSA) is 79.9 Å². The maximum Gasteiger partial charge on any atom is 0.336 e. The molecule has 0 aliphatic carbocycles. The number of nitrogens with zero attached hydrogens (tertiary/aromatic N) is 2. The Labute approximate surface area is 114 Å². The summed E-state index contributed by atoms with van der Waals surface area (Å²) in [5.41, 5.74) is 1.21. The predicted molar refractivity (Wildman–Crippen MR) is 71.4 cm³/mol. The molecule has 0 fully saturated rings. The molecule has 98 valence electrons. The summed E-state index contributed by atoms with van der Waals surface area (Å²) < 4.78 is 4.84. The minimum Gasteiger partial charge on any atom is -0.466 e. The van der Waals surface area contributed by atoms with Gasteiger partial charge in [-0.05, 0) is 18.1 Å². The first kappa shape index (κ1) is 12.0. The second-order valence-electron chi connectivity index (χ2n) is 4.08. The van der Waals surface area contributed by atoms with Crippen molar-refractivity contribution in [3.05, 3.63) is 29.8 Å². The predicted octanol–water partition coefficient (Wildman–Crippen LogP) is 1.47. The van der Waals surface area contributed by atoms with E-state index in [9.17, 15) is 4.79 Å². The molecule has 1 aromatic carbocycles. The van der Waals surface area contributed by atoms with Gasteiger partial charge in [-0.25, -0.2) is 5.10 Å². The zero-order chi connectivity index (χ0) is 13.2. The molecule has 3 rings (SSSR count). The molecule has 6 nitrogen and oxygen atoms in total.